The van der Waals surface area contributed by atoms with E-state index in [1.807, 2.05) is 0 Å². The SMILES string of the molecule is CCN1CCCC(NC(=O)C2CCCCN2)C1.Cl.Cl. The zero-order valence-electron chi connectivity index (χ0n) is 11.7. The van der Waals surface area contributed by atoms with Crippen LogP contribution in [-0.2, 0) is 4.79 Å². The van der Waals surface area contributed by atoms with E-state index in [0.717, 1.165) is 32.5 Å². The third kappa shape index (κ3) is 5.86. The summed E-state index contributed by atoms with van der Waals surface area (Å²) in [4.78, 5) is 14.5. The summed E-state index contributed by atoms with van der Waals surface area (Å²) in [5.41, 5.74) is 0. The topological polar surface area (TPSA) is 44.4 Å². The number of hydrogen-bond donors (Lipinski definition) is 2. The molecule has 2 N–H and O–H groups in total. The molecule has 1 amide bonds. The molecule has 0 aliphatic carbocycles. The molecule has 2 saturated heterocycles. The summed E-state index contributed by atoms with van der Waals surface area (Å²) < 4.78 is 0. The summed E-state index contributed by atoms with van der Waals surface area (Å²) in [5, 5.41) is 6.52. The van der Waals surface area contributed by atoms with Gasteiger partial charge in [-0.05, 0) is 45.3 Å². The van der Waals surface area contributed by atoms with Crippen LogP contribution in [0.5, 0.6) is 0 Å². The molecule has 0 aromatic rings. The first-order valence-electron chi connectivity index (χ1n) is 7.05. The Kier molecular flexibility index (Phi) is 9.79. The molecule has 0 bridgehead atoms. The van der Waals surface area contributed by atoms with Crippen molar-refractivity contribution in [2.75, 3.05) is 26.2 Å². The number of amides is 1. The van der Waals surface area contributed by atoms with Crippen molar-refractivity contribution in [3.8, 4) is 0 Å². The standard InChI is InChI=1S/C13H25N3O.2ClH/c1-2-16-9-5-6-11(10-16)15-13(17)12-7-3-4-8-14-12;;/h11-12,14H,2-10H2,1H3,(H,15,17);2*1H. The van der Waals surface area contributed by atoms with Crippen LogP contribution in [0.3, 0.4) is 0 Å². The number of carbonyl (C=O) groups is 1. The maximum Gasteiger partial charge on any atom is 0.237 e. The predicted octanol–water partition coefficient (Wildman–Crippen LogP) is 1.57. The minimum atomic E-state index is 0. The Balaban J connectivity index is 0.00000162. The van der Waals surface area contributed by atoms with Crippen LogP contribution in [0.15, 0.2) is 0 Å². The molecule has 2 unspecified atom stereocenters. The zero-order valence-corrected chi connectivity index (χ0v) is 13.3. The van der Waals surface area contributed by atoms with Gasteiger partial charge in [0.15, 0.2) is 0 Å². The van der Waals surface area contributed by atoms with Crippen molar-refractivity contribution in [3.63, 3.8) is 0 Å². The smallest absolute Gasteiger partial charge is 0.237 e. The second-order valence-electron chi connectivity index (χ2n) is 5.24. The normalized spacial score (nSPS) is 27.8. The molecule has 2 atom stereocenters. The first kappa shape index (κ1) is 19.0. The maximum absolute atomic E-state index is 12.1. The van der Waals surface area contributed by atoms with E-state index in [1.165, 1.54) is 25.8 Å². The number of nitrogens with zero attached hydrogens (tertiary/aromatic N) is 1. The molecule has 0 spiro atoms. The van der Waals surface area contributed by atoms with Gasteiger partial charge in [0.05, 0.1) is 6.04 Å². The molecular formula is C13H27Cl2N3O. The molecule has 2 heterocycles. The van der Waals surface area contributed by atoms with Crippen molar-refractivity contribution in [1.29, 1.82) is 0 Å². The molecule has 114 valence electrons. The van der Waals surface area contributed by atoms with E-state index in [1.54, 1.807) is 0 Å². The Hall–Kier alpha value is -0.0300. The predicted molar refractivity (Wildman–Crippen MR) is 83.4 cm³/mol. The van der Waals surface area contributed by atoms with Gasteiger partial charge in [-0.2, -0.15) is 0 Å². The van der Waals surface area contributed by atoms with E-state index in [9.17, 15) is 4.79 Å². The number of hydrogen-bond acceptors (Lipinski definition) is 3. The van der Waals surface area contributed by atoms with Gasteiger partial charge >= 0.3 is 0 Å². The molecule has 6 heteroatoms. The molecule has 2 aliphatic rings. The van der Waals surface area contributed by atoms with E-state index < -0.39 is 0 Å². The average molecular weight is 312 g/mol. The van der Waals surface area contributed by atoms with Crippen LogP contribution >= 0.6 is 24.8 Å². The highest BCUT2D eigenvalue weighted by Crippen LogP contribution is 2.11. The molecule has 2 rings (SSSR count). The molecule has 0 aromatic heterocycles. The second kappa shape index (κ2) is 9.81. The summed E-state index contributed by atoms with van der Waals surface area (Å²) in [5.74, 6) is 0.215. The molecule has 0 saturated carbocycles. The van der Waals surface area contributed by atoms with Crippen LogP contribution < -0.4 is 10.6 Å². The summed E-state index contributed by atoms with van der Waals surface area (Å²) in [7, 11) is 0. The third-order valence-electron chi connectivity index (χ3n) is 3.93. The first-order chi connectivity index (χ1) is 8.29. The van der Waals surface area contributed by atoms with Crippen molar-refractivity contribution < 1.29 is 4.79 Å². The van der Waals surface area contributed by atoms with Crippen LogP contribution in [0.25, 0.3) is 0 Å². The lowest BCUT2D eigenvalue weighted by atomic mass is 10.0. The number of likely N-dealkylation sites (tertiary alicyclic amines) is 1. The minimum absolute atomic E-state index is 0. The summed E-state index contributed by atoms with van der Waals surface area (Å²) >= 11 is 0. The second-order valence-corrected chi connectivity index (χ2v) is 5.24. The lowest BCUT2D eigenvalue weighted by Crippen LogP contribution is -2.53. The summed E-state index contributed by atoms with van der Waals surface area (Å²) in [6, 6.07) is 0.417. The molecule has 2 fully saturated rings. The fourth-order valence-electron chi connectivity index (χ4n) is 2.84. The van der Waals surface area contributed by atoms with Crippen molar-refractivity contribution in [1.82, 2.24) is 15.5 Å². The van der Waals surface area contributed by atoms with E-state index in [4.69, 9.17) is 0 Å². The van der Waals surface area contributed by atoms with Crippen molar-refractivity contribution in [3.05, 3.63) is 0 Å². The van der Waals surface area contributed by atoms with Crippen LogP contribution in [0.1, 0.15) is 39.0 Å². The zero-order chi connectivity index (χ0) is 12.1. The number of rotatable bonds is 3. The molecule has 4 nitrogen and oxygen atoms in total. The van der Waals surface area contributed by atoms with Crippen LogP contribution in [-0.4, -0.2) is 49.1 Å². The number of nitrogens with one attached hydrogen (secondary N) is 2. The van der Waals surface area contributed by atoms with Gasteiger partial charge in [0.25, 0.3) is 0 Å². The van der Waals surface area contributed by atoms with Gasteiger partial charge in [0, 0.05) is 12.6 Å². The van der Waals surface area contributed by atoms with Gasteiger partial charge in [0.2, 0.25) is 5.91 Å². The average Bonchev–Trinajstić information content (AvgIpc) is 2.40. The van der Waals surface area contributed by atoms with Crippen molar-refractivity contribution in [2.24, 2.45) is 0 Å². The van der Waals surface area contributed by atoms with Gasteiger partial charge in [-0.3, -0.25) is 4.79 Å². The Morgan fingerprint density at radius 3 is 2.68 bits per heavy atom. The Labute approximate surface area is 128 Å². The molecule has 2 aliphatic heterocycles. The van der Waals surface area contributed by atoms with Crippen LogP contribution in [0, 0.1) is 0 Å². The van der Waals surface area contributed by atoms with Gasteiger partial charge < -0.3 is 15.5 Å². The fourth-order valence-corrected chi connectivity index (χ4v) is 2.84. The molecule has 0 radical (unpaired) electrons. The van der Waals surface area contributed by atoms with E-state index in [0.29, 0.717) is 6.04 Å². The lowest BCUT2D eigenvalue weighted by molar-refractivity contribution is -0.124. The van der Waals surface area contributed by atoms with E-state index in [2.05, 4.69) is 22.5 Å². The number of piperidine rings is 2. The van der Waals surface area contributed by atoms with Crippen molar-refractivity contribution in [2.45, 2.75) is 51.1 Å². The number of halogens is 2. The summed E-state index contributed by atoms with van der Waals surface area (Å²) in [6.07, 6.45) is 5.72. The number of likely N-dealkylation sites (N-methyl/N-ethyl adjacent to an activating group) is 1. The molecule has 19 heavy (non-hydrogen) atoms. The minimum Gasteiger partial charge on any atom is -0.351 e. The first-order valence-corrected chi connectivity index (χ1v) is 7.05. The van der Waals surface area contributed by atoms with Gasteiger partial charge in [-0.25, -0.2) is 0 Å². The lowest BCUT2D eigenvalue weighted by Gasteiger charge is -2.33. The fraction of sp³-hybridized carbons (Fsp3) is 0.923. The van der Waals surface area contributed by atoms with E-state index in [-0.39, 0.29) is 36.8 Å². The molecule has 0 aromatic carbocycles. The summed E-state index contributed by atoms with van der Waals surface area (Å²) in [6.45, 7) is 6.48. The van der Waals surface area contributed by atoms with E-state index >= 15 is 0 Å². The third-order valence-corrected chi connectivity index (χ3v) is 3.93. The Morgan fingerprint density at radius 1 is 1.26 bits per heavy atom. The monoisotopic (exact) mass is 311 g/mol. The van der Waals surface area contributed by atoms with Gasteiger partial charge in [-0.1, -0.05) is 13.3 Å². The molecular weight excluding hydrogens is 285 g/mol. The highest BCUT2D eigenvalue weighted by Gasteiger charge is 2.25. The van der Waals surface area contributed by atoms with Gasteiger partial charge in [-0.15, -0.1) is 24.8 Å². The number of carbonyl (C=O) groups excluding carboxylic acids is 1. The van der Waals surface area contributed by atoms with Crippen molar-refractivity contribution >= 4 is 30.7 Å². The van der Waals surface area contributed by atoms with Crippen LogP contribution in [0.4, 0.5) is 0 Å². The highest BCUT2D eigenvalue weighted by atomic mass is 35.5. The Morgan fingerprint density at radius 2 is 2.05 bits per heavy atom. The maximum atomic E-state index is 12.1. The quantitative estimate of drug-likeness (QED) is 0.831. The van der Waals surface area contributed by atoms with Gasteiger partial charge in [0.1, 0.15) is 0 Å². The highest BCUT2D eigenvalue weighted by molar-refractivity contribution is 5.85. The van der Waals surface area contributed by atoms with Crippen LogP contribution in [0.2, 0.25) is 0 Å². The Bertz CT molecular complexity index is 260. The largest absolute Gasteiger partial charge is 0.351 e.